The Bertz CT molecular complexity index is 2310. The molecule has 0 aliphatic heterocycles. The summed E-state index contributed by atoms with van der Waals surface area (Å²) >= 11 is 0. The van der Waals surface area contributed by atoms with Crippen molar-refractivity contribution in [3.05, 3.63) is 79.7 Å². The van der Waals surface area contributed by atoms with Crippen LogP contribution in [0.2, 0.25) is 0 Å². The molecule has 0 bridgehead atoms. The summed E-state index contributed by atoms with van der Waals surface area (Å²) in [6, 6.07) is 2.04. The maximum Gasteiger partial charge on any atom is 0.180 e. The van der Waals surface area contributed by atoms with Crippen LogP contribution in [0.5, 0.6) is 0 Å². The second kappa shape index (κ2) is 17.6. The monoisotopic (exact) mass is 752 g/mol. The van der Waals surface area contributed by atoms with Gasteiger partial charge in [0, 0.05) is 22.6 Å². The number of aromatic amines is 3. The number of pyridine rings is 1. The molecule has 0 aliphatic rings. The molecule has 0 aliphatic carbocycles. The lowest BCUT2D eigenvalue weighted by molar-refractivity contribution is 0.406. The third-order valence-electron chi connectivity index (χ3n) is 7.79. The highest BCUT2D eigenvalue weighted by molar-refractivity contribution is 5.75. The SMILES string of the molecule is C.C.C.CC(C)(C)c1ccnc2nc[nH]c12.CC(C)(C)c1nc2ncncc2[nH]1.CC(C)(C)c1ncc2[nH]cnc2n1.CC(C)(C)n1cnc2cncnc21. The number of rotatable bonds is 0. The third kappa shape index (κ3) is 11.2. The Balaban J connectivity index is 0.000000249. The van der Waals surface area contributed by atoms with Crippen LogP contribution in [0.25, 0.3) is 44.7 Å². The van der Waals surface area contributed by atoms with Gasteiger partial charge in [0.1, 0.15) is 40.9 Å². The lowest BCUT2D eigenvalue weighted by Gasteiger charge is -2.20. The first kappa shape index (κ1) is 45.4. The number of hydrogen-bond acceptors (Lipinski definition) is 11. The standard InChI is InChI=1S/C10H13N3.3C9H12N4.3CH4/c1-10(2,3)7-4-5-11-9-8(7)12-6-13-9;1-9(2,3)13-6-12-7-4-10-5-11-8(7)13;1-9(2,3)8-10-4-6-7(13-8)12-5-11-6;1-9(2,3)8-12-6-4-10-5-11-7(6)13-8;;;/h4-6H,1-3H3,(H,11,12,13);4-6H,1-3H3;2*4-5H,1-3H3,(H,10,11,12,13);3*1H4. The predicted molar refractivity (Wildman–Crippen MR) is 224 cm³/mol. The Morgan fingerprint density at radius 1 is 0.564 bits per heavy atom. The van der Waals surface area contributed by atoms with Gasteiger partial charge >= 0.3 is 0 Å². The highest BCUT2D eigenvalue weighted by atomic mass is 15.2. The fourth-order valence-electron chi connectivity index (χ4n) is 4.95. The number of imidazole rings is 4. The van der Waals surface area contributed by atoms with Gasteiger partial charge in [0.05, 0.1) is 43.1 Å². The molecule has 0 spiro atoms. The maximum absolute atomic E-state index is 4.38. The van der Waals surface area contributed by atoms with Crippen LogP contribution in [0.4, 0.5) is 0 Å². The summed E-state index contributed by atoms with van der Waals surface area (Å²) in [5.41, 5.74) is 8.25. The van der Waals surface area contributed by atoms with E-state index in [-0.39, 0.29) is 44.1 Å². The fraction of sp³-hybridized carbons (Fsp3) is 0.475. The molecular formula is C40H61N15. The normalized spacial score (nSPS) is 11.6. The van der Waals surface area contributed by atoms with Crippen molar-refractivity contribution < 1.29 is 0 Å². The Labute approximate surface area is 325 Å². The van der Waals surface area contributed by atoms with Crippen LogP contribution in [0.15, 0.2) is 62.5 Å². The van der Waals surface area contributed by atoms with E-state index in [1.807, 2.05) is 16.8 Å². The van der Waals surface area contributed by atoms with Gasteiger partial charge in [-0.2, -0.15) is 0 Å². The van der Waals surface area contributed by atoms with E-state index in [2.05, 4.69) is 153 Å². The number of aromatic nitrogens is 15. The van der Waals surface area contributed by atoms with Gasteiger partial charge < -0.3 is 19.5 Å². The zero-order chi connectivity index (χ0) is 37.9. The van der Waals surface area contributed by atoms with Crippen LogP contribution >= 0.6 is 0 Å². The van der Waals surface area contributed by atoms with Crippen LogP contribution in [-0.4, -0.2) is 74.3 Å². The summed E-state index contributed by atoms with van der Waals surface area (Å²) < 4.78 is 2.05. The van der Waals surface area contributed by atoms with Gasteiger partial charge in [-0.05, 0) is 37.8 Å². The van der Waals surface area contributed by atoms with Crippen molar-refractivity contribution in [3.63, 3.8) is 0 Å². The number of fused-ring (bicyclic) bond motifs is 4. The van der Waals surface area contributed by atoms with Crippen molar-refractivity contribution in [1.29, 1.82) is 0 Å². The molecule has 8 aromatic heterocycles. The molecule has 0 radical (unpaired) electrons. The second-order valence-electron chi connectivity index (χ2n) is 16.4. The zero-order valence-corrected chi connectivity index (χ0v) is 32.1. The van der Waals surface area contributed by atoms with E-state index in [0.717, 1.165) is 56.3 Å². The number of hydrogen-bond donors (Lipinski definition) is 3. The minimum atomic E-state index is -0.0207. The third-order valence-corrected chi connectivity index (χ3v) is 7.79. The van der Waals surface area contributed by atoms with E-state index < -0.39 is 0 Å². The minimum absolute atomic E-state index is 0. The number of nitrogens with one attached hydrogen (secondary N) is 3. The summed E-state index contributed by atoms with van der Waals surface area (Å²) in [4.78, 5) is 55.0. The van der Waals surface area contributed by atoms with Crippen LogP contribution in [-0.2, 0) is 21.8 Å². The average Bonchev–Trinajstić information content (AvgIpc) is 3.89. The summed E-state index contributed by atoms with van der Waals surface area (Å²) in [6.45, 7) is 25.5. The molecule has 0 saturated heterocycles. The second-order valence-corrected chi connectivity index (χ2v) is 16.4. The van der Waals surface area contributed by atoms with Crippen molar-refractivity contribution in [3.8, 4) is 0 Å². The Morgan fingerprint density at radius 2 is 1.20 bits per heavy atom. The average molecular weight is 752 g/mol. The molecule has 0 aromatic carbocycles. The zero-order valence-electron chi connectivity index (χ0n) is 32.1. The van der Waals surface area contributed by atoms with E-state index in [1.54, 1.807) is 43.9 Å². The summed E-state index contributed by atoms with van der Waals surface area (Å²) in [6.07, 6.45) is 15.2. The molecule has 3 N–H and O–H groups in total. The largest absolute Gasteiger partial charge is 0.343 e. The van der Waals surface area contributed by atoms with Crippen LogP contribution in [0, 0.1) is 0 Å². The summed E-state index contributed by atoms with van der Waals surface area (Å²) in [5, 5.41) is 0. The molecular weight excluding hydrogens is 691 g/mol. The van der Waals surface area contributed by atoms with E-state index >= 15 is 0 Å². The molecule has 15 heteroatoms. The van der Waals surface area contributed by atoms with Gasteiger partial charge in [-0.25, -0.2) is 54.8 Å². The van der Waals surface area contributed by atoms with Gasteiger partial charge in [0.25, 0.3) is 0 Å². The molecule has 8 rings (SSSR count). The maximum atomic E-state index is 4.38. The molecule has 8 heterocycles. The van der Waals surface area contributed by atoms with Crippen molar-refractivity contribution in [2.24, 2.45) is 0 Å². The van der Waals surface area contributed by atoms with Gasteiger partial charge in [0.15, 0.2) is 22.6 Å². The first-order valence-electron chi connectivity index (χ1n) is 17.1. The molecule has 296 valence electrons. The Kier molecular flexibility index (Phi) is 14.5. The van der Waals surface area contributed by atoms with Gasteiger partial charge in [-0.15, -0.1) is 0 Å². The minimum Gasteiger partial charge on any atom is -0.343 e. The van der Waals surface area contributed by atoms with E-state index in [4.69, 9.17) is 0 Å². The molecule has 0 unspecified atom stereocenters. The molecule has 0 atom stereocenters. The topological polar surface area (TPSA) is 194 Å². The molecule has 15 nitrogen and oxygen atoms in total. The lowest BCUT2D eigenvalue weighted by atomic mass is 9.87. The van der Waals surface area contributed by atoms with E-state index in [9.17, 15) is 0 Å². The van der Waals surface area contributed by atoms with Crippen LogP contribution in [0.1, 0.15) is 123 Å². The van der Waals surface area contributed by atoms with E-state index in [1.165, 1.54) is 11.9 Å². The highest BCUT2D eigenvalue weighted by Gasteiger charge is 2.20. The predicted octanol–water partition coefficient (Wildman–Crippen LogP) is 9.05. The van der Waals surface area contributed by atoms with Crippen molar-refractivity contribution >= 4 is 44.7 Å². The van der Waals surface area contributed by atoms with Crippen molar-refractivity contribution in [2.75, 3.05) is 0 Å². The van der Waals surface area contributed by atoms with Crippen molar-refractivity contribution in [1.82, 2.24) is 74.3 Å². The van der Waals surface area contributed by atoms with Gasteiger partial charge in [0.2, 0.25) is 0 Å². The first-order valence-corrected chi connectivity index (χ1v) is 17.1. The fourth-order valence-corrected chi connectivity index (χ4v) is 4.95. The molecule has 0 fully saturated rings. The number of H-pyrrole nitrogens is 3. The lowest BCUT2D eigenvalue weighted by Crippen LogP contribution is -2.20. The Morgan fingerprint density at radius 3 is 1.84 bits per heavy atom. The molecule has 8 aromatic rings. The van der Waals surface area contributed by atoms with Crippen LogP contribution < -0.4 is 0 Å². The van der Waals surface area contributed by atoms with E-state index in [0.29, 0.717) is 0 Å². The van der Waals surface area contributed by atoms with Crippen LogP contribution in [0.3, 0.4) is 0 Å². The molecule has 55 heavy (non-hydrogen) atoms. The quantitative estimate of drug-likeness (QED) is 0.134. The molecule has 0 saturated carbocycles. The smallest absolute Gasteiger partial charge is 0.180 e. The van der Waals surface area contributed by atoms with Crippen molar-refractivity contribution in [2.45, 2.75) is 127 Å². The highest BCUT2D eigenvalue weighted by Crippen LogP contribution is 2.27. The summed E-state index contributed by atoms with van der Waals surface area (Å²) in [5.74, 6) is 1.77. The van der Waals surface area contributed by atoms with Gasteiger partial charge in [-0.1, -0.05) is 84.6 Å². The van der Waals surface area contributed by atoms with Gasteiger partial charge in [-0.3, -0.25) is 0 Å². The molecule has 0 amide bonds. The number of nitrogens with zero attached hydrogens (tertiary/aromatic N) is 12. The first-order chi connectivity index (χ1) is 24.3. The summed E-state index contributed by atoms with van der Waals surface area (Å²) in [7, 11) is 0. The Hall–Kier alpha value is -5.73.